The van der Waals surface area contributed by atoms with E-state index in [-0.39, 0.29) is 22.2 Å². The van der Waals surface area contributed by atoms with Crippen LogP contribution < -0.4 is 21.4 Å². The minimum Gasteiger partial charge on any atom is -0.477 e. The first kappa shape index (κ1) is 24.2. The molecule has 2 aliphatic rings. The highest BCUT2D eigenvalue weighted by Gasteiger charge is 2.54. The number of hydrogen-bond acceptors (Lipinski definition) is 10. The second kappa shape index (κ2) is 10.1. The standard InChI is InChI=1S/C21H21N7O5S2/c1-33-26-14(13-10-35-21(23)24-13)17(29)25-15-18(30)28-16(20(31)32)11(9-34-19(15)28)4-2-6-27-7-3-5-12(22)8-27/h2-5,7-8,10,15,19H,6,9,22H2,1H3,(H3-,23,24,25,29,31,32)/p+1/b4-2+,26-14+/t15?,19-/m1/s1. The van der Waals surface area contributed by atoms with Crippen LogP contribution >= 0.6 is 23.1 Å². The third kappa shape index (κ3) is 4.97. The van der Waals surface area contributed by atoms with Gasteiger partial charge in [0.1, 0.15) is 29.9 Å². The minimum absolute atomic E-state index is 0.101. The van der Waals surface area contributed by atoms with E-state index in [1.165, 1.54) is 23.8 Å². The lowest BCUT2D eigenvalue weighted by atomic mass is 10.0. The number of thioether (sulfide) groups is 1. The topological polar surface area (TPSA) is 177 Å². The van der Waals surface area contributed by atoms with Crippen molar-refractivity contribution in [3.05, 3.63) is 59.0 Å². The van der Waals surface area contributed by atoms with Crippen molar-refractivity contribution in [2.24, 2.45) is 5.16 Å². The number of carbonyl (C=O) groups is 3. The van der Waals surface area contributed by atoms with Crippen molar-refractivity contribution in [3.8, 4) is 0 Å². The highest BCUT2D eigenvalue weighted by molar-refractivity contribution is 8.00. The molecule has 0 saturated carbocycles. The van der Waals surface area contributed by atoms with Crippen LogP contribution in [-0.2, 0) is 25.8 Å². The van der Waals surface area contributed by atoms with E-state index in [9.17, 15) is 19.5 Å². The van der Waals surface area contributed by atoms with E-state index >= 15 is 0 Å². The van der Waals surface area contributed by atoms with Crippen LogP contribution in [0.1, 0.15) is 5.69 Å². The molecule has 6 N–H and O–H groups in total. The Kier molecular flexibility index (Phi) is 7.02. The number of aliphatic carboxylic acids is 1. The maximum absolute atomic E-state index is 12.9. The maximum Gasteiger partial charge on any atom is 0.352 e. The number of fused-ring (bicyclic) bond motifs is 1. The van der Waals surface area contributed by atoms with Gasteiger partial charge in [-0.05, 0) is 17.7 Å². The van der Waals surface area contributed by atoms with Crippen molar-refractivity contribution < 1.29 is 28.9 Å². The zero-order valence-electron chi connectivity index (χ0n) is 18.5. The Morgan fingerprint density at radius 3 is 2.91 bits per heavy atom. The predicted molar refractivity (Wildman–Crippen MR) is 130 cm³/mol. The van der Waals surface area contributed by atoms with Crippen LogP contribution in [0.15, 0.2) is 58.5 Å². The van der Waals surface area contributed by atoms with E-state index in [1.807, 2.05) is 16.8 Å². The molecule has 0 aliphatic carbocycles. The third-order valence-corrected chi connectivity index (χ3v) is 7.14. The fourth-order valence-electron chi connectivity index (χ4n) is 3.65. The summed E-state index contributed by atoms with van der Waals surface area (Å²) in [7, 11) is 1.28. The number of carboxylic acid groups (broad SMARTS) is 1. The highest BCUT2D eigenvalue weighted by atomic mass is 32.2. The first-order valence-corrected chi connectivity index (χ1v) is 12.2. The number of nitrogens with one attached hydrogen (secondary N) is 1. The average Bonchev–Trinajstić information content (AvgIpc) is 3.26. The molecule has 2 aromatic rings. The molecule has 2 amide bonds. The van der Waals surface area contributed by atoms with Crippen LogP contribution in [0.25, 0.3) is 0 Å². The molecule has 0 bridgehead atoms. The fourth-order valence-corrected chi connectivity index (χ4v) is 5.51. The largest absolute Gasteiger partial charge is 0.477 e. The second-order valence-corrected chi connectivity index (χ2v) is 9.46. The molecule has 1 saturated heterocycles. The van der Waals surface area contributed by atoms with Crippen molar-refractivity contribution in [2.75, 3.05) is 24.3 Å². The molecule has 182 valence electrons. The van der Waals surface area contributed by atoms with E-state index < -0.39 is 29.2 Å². The first-order chi connectivity index (χ1) is 16.8. The molecule has 0 aromatic carbocycles. The number of nitrogens with zero attached hydrogens (tertiary/aromatic N) is 4. The van der Waals surface area contributed by atoms with Gasteiger partial charge in [-0.15, -0.1) is 23.1 Å². The summed E-state index contributed by atoms with van der Waals surface area (Å²) in [4.78, 5) is 47.7. The molecule has 14 heteroatoms. The van der Waals surface area contributed by atoms with Gasteiger partial charge in [0.25, 0.3) is 11.8 Å². The smallest absolute Gasteiger partial charge is 0.352 e. The van der Waals surface area contributed by atoms with Crippen LogP contribution in [0.5, 0.6) is 0 Å². The summed E-state index contributed by atoms with van der Waals surface area (Å²) in [6.07, 6.45) is 7.09. The Balaban J connectivity index is 1.49. The first-order valence-electron chi connectivity index (χ1n) is 10.3. The van der Waals surface area contributed by atoms with Gasteiger partial charge in [0.05, 0.1) is 5.69 Å². The quantitative estimate of drug-likeness (QED) is 0.162. The van der Waals surface area contributed by atoms with E-state index in [1.54, 1.807) is 29.8 Å². The highest BCUT2D eigenvalue weighted by Crippen LogP contribution is 2.40. The second-order valence-electron chi connectivity index (χ2n) is 7.47. The number of anilines is 2. The minimum atomic E-state index is -1.22. The van der Waals surface area contributed by atoms with Crippen LogP contribution in [0.4, 0.5) is 10.8 Å². The van der Waals surface area contributed by atoms with Crippen molar-refractivity contribution in [2.45, 2.75) is 18.0 Å². The molecule has 35 heavy (non-hydrogen) atoms. The summed E-state index contributed by atoms with van der Waals surface area (Å²) in [5, 5.41) is 17.4. The molecule has 4 heterocycles. The van der Waals surface area contributed by atoms with Gasteiger partial charge in [0, 0.05) is 17.2 Å². The normalized spacial score (nSPS) is 20.0. The third-order valence-electron chi connectivity index (χ3n) is 5.17. The number of carboxylic acids is 1. The molecule has 0 spiro atoms. The van der Waals surface area contributed by atoms with Gasteiger partial charge in [0.2, 0.25) is 0 Å². The van der Waals surface area contributed by atoms with Gasteiger partial charge >= 0.3 is 5.97 Å². The predicted octanol–water partition coefficient (Wildman–Crippen LogP) is -0.0595. The lowest BCUT2D eigenvalue weighted by Gasteiger charge is -2.49. The number of β-lactam (4-membered cyclic amide) rings is 1. The van der Waals surface area contributed by atoms with Crippen LogP contribution in [0, 0.1) is 0 Å². The molecule has 2 aliphatic heterocycles. The van der Waals surface area contributed by atoms with Crippen LogP contribution in [0.2, 0.25) is 0 Å². The van der Waals surface area contributed by atoms with E-state index in [0.29, 0.717) is 23.6 Å². The van der Waals surface area contributed by atoms with Gasteiger partial charge in [-0.2, -0.15) is 4.57 Å². The number of aromatic nitrogens is 2. The van der Waals surface area contributed by atoms with Gasteiger partial charge in [-0.1, -0.05) is 11.2 Å². The maximum atomic E-state index is 12.9. The summed E-state index contributed by atoms with van der Waals surface area (Å²) in [6.45, 7) is 0.477. The lowest BCUT2D eigenvalue weighted by molar-refractivity contribution is -0.686. The number of nitrogen functional groups attached to an aromatic ring is 2. The van der Waals surface area contributed by atoms with E-state index in [2.05, 4.69) is 15.5 Å². The Morgan fingerprint density at radius 2 is 2.26 bits per heavy atom. The summed E-state index contributed by atoms with van der Waals surface area (Å²) in [6, 6.07) is 2.66. The number of nitrogens with two attached hydrogens (primary N) is 2. The summed E-state index contributed by atoms with van der Waals surface area (Å²) in [5.41, 5.74) is 12.5. The summed E-state index contributed by atoms with van der Waals surface area (Å²) in [5.74, 6) is -2.08. The Hall–Kier alpha value is -3.91. The molecular weight excluding hydrogens is 494 g/mol. The molecular formula is C21H22N7O5S2+. The van der Waals surface area contributed by atoms with Gasteiger partial charge in [-0.3, -0.25) is 14.5 Å². The number of rotatable bonds is 8. The molecule has 0 radical (unpaired) electrons. The van der Waals surface area contributed by atoms with Crippen LogP contribution in [-0.4, -0.2) is 62.8 Å². The Morgan fingerprint density at radius 1 is 1.46 bits per heavy atom. The number of oxime groups is 1. The molecule has 4 rings (SSSR count). The monoisotopic (exact) mass is 516 g/mol. The molecule has 1 fully saturated rings. The molecule has 12 nitrogen and oxygen atoms in total. The van der Waals surface area contributed by atoms with E-state index in [4.69, 9.17) is 16.3 Å². The number of carbonyl (C=O) groups excluding carboxylic acids is 2. The number of thiazole rings is 1. The lowest BCUT2D eigenvalue weighted by Crippen LogP contribution is -2.71. The SMILES string of the molecule is CO/N=C(/C(=O)NC1C(=O)N2C(C(=O)O)=C(/C=C/C[n+]3cccc(N)c3)CS[C@H]12)c1csc(N)n1. The van der Waals surface area contributed by atoms with E-state index in [0.717, 1.165) is 11.3 Å². The number of allylic oxidation sites excluding steroid dienone is 2. The van der Waals surface area contributed by atoms with Gasteiger partial charge in [-0.25, -0.2) is 9.78 Å². The molecule has 1 unspecified atom stereocenters. The summed E-state index contributed by atoms with van der Waals surface area (Å²) >= 11 is 2.48. The van der Waals surface area contributed by atoms with Crippen molar-refractivity contribution >= 4 is 57.4 Å². The van der Waals surface area contributed by atoms with Gasteiger partial charge in [0.15, 0.2) is 29.8 Å². The Bertz CT molecular complexity index is 1270. The zero-order valence-corrected chi connectivity index (χ0v) is 20.1. The number of pyridine rings is 1. The zero-order chi connectivity index (χ0) is 25.1. The molecule has 2 aromatic heterocycles. The van der Waals surface area contributed by atoms with Crippen LogP contribution in [0.3, 0.4) is 0 Å². The summed E-state index contributed by atoms with van der Waals surface area (Å²) < 4.78 is 1.85. The fraction of sp³-hybridized carbons (Fsp3) is 0.238. The van der Waals surface area contributed by atoms with Crippen molar-refractivity contribution in [1.29, 1.82) is 0 Å². The number of hydrogen-bond donors (Lipinski definition) is 4. The van der Waals surface area contributed by atoms with Crippen molar-refractivity contribution in [1.82, 2.24) is 15.2 Å². The Labute approximate surface area is 207 Å². The van der Waals surface area contributed by atoms with Gasteiger partial charge < -0.3 is 26.7 Å². The van der Waals surface area contributed by atoms with Crippen molar-refractivity contribution in [3.63, 3.8) is 0 Å². The molecule has 2 atom stereocenters. The number of amides is 2. The average molecular weight is 517 g/mol.